The van der Waals surface area contributed by atoms with E-state index in [4.69, 9.17) is 0 Å². The van der Waals surface area contributed by atoms with E-state index in [-0.39, 0.29) is 16.7 Å². The number of hydrogen-bond donors (Lipinski definition) is 2. The van der Waals surface area contributed by atoms with E-state index in [2.05, 4.69) is 10.6 Å². The van der Waals surface area contributed by atoms with Crippen molar-refractivity contribution in [2.75, 3.05) is 10.6 Å². The van der Waals surface area contributed by atoms with Crippen LogP contribution >= 0.6 is 11.8 Å². The minimum atomic E-state index is -0.695. The Bertz CT molecular complexity index is 751. The molecule has 2 amide bonds. The Morgan fingerprint density at radius 2 is 1.58 bits per heavy atom. The summed E-state index contributed by atoms with van der Waals surface area (Å²) in [5.41, 5.74) is 1.18. The summed E-state index contributed by atoms with van der Waals surface area (Å²) >= 11 is 1.01. The number of rotatable bonds is 5. The maximum absolute atomic E-state index is 13.6. The molecule has 7 heteroatoms. The first-order chi connectivity index (χ1) is 11.3. The predicted molar refractivity (Wildman–Crippen MR) is 91.1 cm³/mol. The topological polar surface area (TPSA) is 58.2 Å². The lowest BCUT2D eigenvalue weighted by Gasteiger charge is -2.13. The Morgan fingerprint density at radius 3 is 2.12 bits per heavy atom. The highest BCUT2D eigenvalue weighted by Crippen LogP contribution is 2.27. The van der Waals surface area contributed by atoms with Gasteiger partial charge in [0.25, 0.3) is 0 Å². The molecule has 0 radical (unpaired) electrons. The van der Waals surface area contributed by atoms with Crippen molar-refractivity contribution < 1.29 is 18.4 Å². The van der Waals surface area contributed by atoms with Crippen molar-refractivity contribution in [1.82, 2.24) is 0 Å². The normalized spacial score (nSPS) is 11.7. The van der Waals surface area contributed by atoms with Crippen LogP contribution < -0.4 is 10.6 Å². The Morgan fingerprint density at radius 1 is 1.00 bits per heavy atom. The van der Waals surface area contributed by atoms with E-state index in [0.29, 0.717) is 11.4 Å². The molecule has 2 rings (SSSR count). The van der Waals surface area contributed by atoms with Gasteiger partial charge < -0.3 is 10.6 Å². The van der Waals surface area contributed by atoms with Crippen LogP contribution in [0.25, 0.3) is 0 Å². The van der Waals surface area contributed by atoms with Gasteiger partial charge in [-0.05, 0) is 43.3 Å². The minimum absolute atomic E-state index is 0.182. The Hall–Kier alpha value is -2.41. The monoisotopic (exact) mass is 350 g/mol. The van der Waals surface area contributed by atoms with Gasteiger partial charge in [0.05, 0.1) is 5.25 Å². The molecule has 0 unspecified atom stereocenters. The SMILES string of the molecule is CC(=O)Nc1ccc(NC(=O)[C@H](C)Sc2ccc(F)cc2F)cc1. The minimum Gasteiger partial charge on any atom is -0.326 e. The Labute approximate surface area is 142 Å². The largest absolute Gasteiger partial charge is 0.326 e. The summed E-state index contributed by atoms with van der Waals surface area (Å²) in [7, 11) is 0. The Balaban J connectivity index is 1.97. The predicted octanol–water partition coefficient (Wildman–Crippen LogP) is 4.04. The first-order valence-corrected chi connectivity index (χ1v) is 8.03. The van der Waals surface area contributed by atoms with E-state index in [0.717, 1.165) is 23.9 Å². The van der Waals surface area contributed by atoms with Gasteiger partial charge >= 0.3 is 0 Å². The zero-order valence-corrected chi connectivity index (χ0v) is 13.9. The van der Waals surface area contributed by atoms with Gasteiger partial charge in [-0.1, -0.05) is 0 Å². The van der Waals surface area contributed by atoms with Crippen LogP contribution in [-0.2, 0) is 9.59 Å². The number of anilines is 2. The summed E-state index contributed by atoms with van der Waals surface area (Å²) in [6.07, 6.45) is 0. The van der Waals surface area contributed by atoms with Crippen molar-refractivity contribution in [1.29, 1.82) is 0 Å². The second-order valence-electron chi connectivity index (χ2n) is 5.08. The number of amides is 2. The summed E-state index contributed by atoms with van der Waals surface area (Å²) in [6, 6.07) is 9.87. The molecule has 0 aromatic heterocycles. The number of carbonyl (C=O) groups is 2. The molecule has 0 fully saturated rings. The third kappa shape index (κ3) is 5.06. The van der Waals surface area contributed by atoms with Crippen LogP contribution in [0.4, 0.5) is 20.2 Å². The van der Waals surface area contributed by atoms with Crippen LogP contribution in [0.15, 0.2) is 47.4 Å². The van der Waals surface area contributed by atoms with Crippen LogP contribution in [0.2, 0.25) is 0 Å². The van der Waals surface area contributed by atoms with E-state index >= 15 is 0 Å². The standard InChI is InChI=1S/C17H16F2N2O2S/c1-10(24-16-8-3-12(18)9-15(16)19)17(23)21-14-6-4-13(5-7-14)20-11(2)22/h3-10H,1-2H3,(H,20,22)(H,21,23)/t10-/m0/s1. The van der Waals surface area contributed by atoms with Crippen molar-refractivity contribution in [3.05, 3.63) is 54.1 Å². The number of thioether (sulfide) groups is 1. The van der Waals surface area contributed by atoms with E-state index in [1.54, 1.807) is 31.2 Å². The molecule has 0 heterocycles. The first-order valence-electron chi connectivity index (χ1n) is 7.15. The molecule has 4 nitrogen and oxygen atoms in total. The van der Waals surface area contributed by atoms with E-state index in [1.807, 2.05) is 0 Å². The summed E-state index contributed by atoms with van der Waals surface area (Å²) in [4.78, 5) is 23.3. The zero-order chi connectivity index (χ0) is 17.7. The van der Waals surface area contributed by atoms with Gasteiger partial charge in [-0.15, -0.1) is 11.8 Å². The lowest BCUT2D eigenvalue weighted by atomic mass is 10.2. The molecular formula is C17H16F2N2O2S. The molecule has 0 aliphatic heterocycles. The van der Waals surface area contributed by atoms with Gasteiger partial charge in [-0.3, -0.25) is 9.59 Å². The maximum atomic E-state index is 13.6. The third-order valence-corrected chi connectivity index (χ3v) is 4.19. The van der Waals surface area contributed by atoms with Crippen molar-refractivity contribution in [3.63, 3.8) is 0 Å². The smallest absolute Gasteiger partial charge is 0.237 e. The molecule has 2 N–H and O–H groups in total. The highest BCUT2D eigenvalue weighted by atomic mass is 32.2. The molecule has 2 aromatic rings. The van der Waals surface area contributed by atoms with Crippen molar-refractivity contribution >= 4 is 35.0 Å². The Kier molecular flexibility index (Phi) is 5.92. The van der Waals surface area contributed by atoms with Gasteiger partial charge in [0.2, 0.25) is 11.8 Å². The number of carbonyl (C=O) groups excluding carboxylic acids is 2. The highest BCUT2D eigenvalue weighted by Gasteiger charge is 2.17. The molecule has 2 aromatic carbocycles. The van der Waals surface area contributed by atoms with Crippen molar-refractivity contribution in [3.8, 4) is 0 Å². The van der Waals surface area contributed by atoms with E-state index < -0.39 is 16.9 Å². The van der Waals surface area contributed by atoms with Gasteiger partial charge in [0.15, 0.2) is 0 Å². The molecule has 0 spiro atoms. The van der Waals surface area contributed by atoms with Gasteiger partial charge in [-0.25, -0.2) is 8.78 Å². The first kappa shape index (κ1) is 17.9. The van der Waals surface area contributed by atoms with Gasteiger partial charge in [0.1, 0.15) is 11.6 Å². The molecule has 0 saturated carbocycles. The highest BCUT2D eigenvalue weighted by molar-refractivity contribution is 8.00. The molecule has 24 heavy (non-hydrogen) atoms. The zero-order valence-electron chi connectivity index (χ0n) is 13.1. The molecule has 0 aliphatic rings. The number of halogens is 2. The second-order valence-corrected chi connectivity index (χ2v) is 6.47. The van der Waals surface area contributed by atoms with Crippen LogP contribution in [0, 0.1) is 11.6 Å². The second kappa shape index (κ2) is 7.92. The molecule has 0 saturated heterocycles. The molecule has 0 bridgehead atoms. The summed E-state index contributed by atoms with van der Waals surface area (Å²) in [6.45, 7) is 3.04. The number of nitrogens with one attached hydrogen (secondary N) is 2. The summed E-state index contributed by atoms with van der Waals surface area (Å²) in [5, 5.41) is 4.76. The fraction of sp³-hybridized carbons (Fsp3) is 0.176. The van der Waals surface area contributed by atoms with E-state index in [1.165, 1.54) is 13.0 Å². The third-order valence-electron chi connectivity index (χ3n) is 3.04. The van der Waals surface area contributed by atoms with Crippen LogP contribution in [0.3, 0.4) is 0 Å². The lowest BCUT2D eigenvalue weighted by Crippen LogP contribution is -2.22. The average Bonchev–Trinajstić information content (AvgIpc) is 2.51. The molecule has 0 aliphatic carbocycles. The molecule has 1 atom stereocenters. The van der Waals surface area contributed by atoms with Gasteiger partial charge in [-0.2, -0.15) is 0 Å². The van der Waals surface area contributed by atoms with Crippen molar-refractivity contribution in [2.24, 2.45) is 0 Å². The van der Waals surface area contributed by atoms with Crippen LogP contribution in [0.5, 0.6) is 0 Å². The summed E-state index contributed by atoms with van der Waals surface area (Å²) < 4.78 is 26.5. The molecule has 126 valence electrons. The number of hydrogen-bond acceptors (Lipinski definition) is 3. The van der Waals surface area contributed by atoms with Crippen molar-refractivity contribution in [2.45, 2.75) is 24.0 Å². The lowest BCUT2D eigenvalue weighted by molar-refractivity contribution is -0.115. The number of benzene rings is 2. The maximum Gasteiger partial charge on any atom is 0.237 e. The molecular weight excluding hydrogens is 334 g/mol. The van der Waals surface area contributed by atoms with E-state index in [9.17, 15) is 18.4 Å². The van der Waals surface area contributed by atoms with Crippen LogP contribution in [-0.4, -0.2) is 17.1 Å². The van der Waals surface area contributed by atoms with Crippen LogP contribution in [0.1, 0.15) is 13.8 Å². The fourth-order valence-electron chi connectivity index (χ4n) is 1.90. The van der Waals surface area contributed by atoms with Gasteiger partial charge in [0, 0.05) is 29.3 Å². The quantitative estimate of drug-likeness (QED) is 0.800. The fourth-order valence-corrected chi connectivity index (χ4v) is 2.76. The average molecular weight is 350 g/mol. The summed E-state index contributed by atoms with van der Waals surface area (Å²) in [5.74, 6) is -1.85.